The van der Waals surface area contributed by atoms with Gasteiger partial charge < -0.3 is 0 Å². The summed E-state index contributed by atoms with van der Waals surface area (Å²) in [4.78, 5) is 15.9. The third-order valence-electron chi connectivity index (χ3n) is 12.2. The van der Waals surface area contributed by atoms with Crippen molar-refractivity contribution in [3.63, 3.8) is 0 Å². The van der Waals surface area contributed by atoms with Crippen LogP contribution in [0, 0.1) is 0 Å². The van der Waals surface area contributed by atoms with Gasteiger partial charge in [0.25, 0.3) is 0 Å². The molecule has 0 aliphatic rings. The number of rotatable bonds is 7. The molecule has 3 nitrogen and oxygen atoms in total. The minimum Gasteiger partial charge on any atom is -0.208 e. The van der Waals surface area contributed by atoms with Crippen molar-refractivity contribution in [2.75, 3.05) is 0 Å². The van der Waals surface area contributed by atoms with E-state index in [0.29, 0.717) is 17.5 Å². The lowest BCUT2D eigenvalue weighted by atomic mass is 9.89. The second-order valence-electron chi connectivity index (χ2n) is 15.9. The van der Waals surface area contributed by atoms with Gasteiger partial charge in [0, 0.05) is 36.9 Å². The molecule has 2 heterocycles. The average molecular weight is 820 g/mol. The van der Waals surface area contributed by atoms with Crippen LogP contribution in [0.2, 0.25) is 0 Å². The van der Waals surface area contributed by atoms with Gasteiger partial charge in [-0.3, -0.25) is 0 Å². The predicted octanol–water partition coefficient (Wildman–Crippen LogP) is 16.2. The van der Waals surface area contributed by atoms with Gasteiger partial charge in [0.2, 0.25) is 0 Å². The molecule has 0 fully saturated rings. The molecule has 294 valence electrons. The van der Waals surface area contributed by atoms with Gasteiger partial charge in [-0.1, -0.05) is 212 Å². The molecule has 0 amide bonds. The second-order valence-corrected chi connectivity index (χ2v) is 16.9. The zero-order valence-electron chi connectivity index (χ0n) is 34.1. The van der Waals surface area contributed by atoms with E-state index in [4.69, 9.17) is 15.0 Å². The Morgan fingerprint density at radius 3 is 1.30 bits per heavy atom. The van der Waals surface area contributed by atoms with Gasteiger partial charge in [0.05, 0.1) is 0 Å². The van der Waals surface area contributed by atoms with Crippen LogP contribution in [0.3, 0.4) is 0 Å². The predicted molar refractivity (Wildman–Crippen MR) is 266 cm³/mol. The molecule has 0 atom stereocenters. The first-order valence-corrected chi connectivity index (χ1v) is 22.1. The van der Waals surface area contributed by atoms with Crippen LogP contribution in [0.1, 0.15) is 0 Å². The largest absolute Gasteiger partial charge is 0.208 e. The van der Waals surface area contributed by atoms with E-state index >= 15 is 0 Å². The van der Waals surface area contributed by atoms with Crippen LogP contribution in [0.25, 0.3) is 120 Å². The van der Waals surface area contributed by atoms with Crippen LogP contribution < -0.4 is 0 Å². The van der Waals surface area contributed by atoms with E-state index in [1.54, 1.807) is 0 Å². The van der Waals surface area contributed by atoms with Gasteiger partial charge in [-0.2, -0.15) is 0 Å². The summed E-state index contributed by atoms with van der Waals surface area (Å²) < 4.78 is 2.59. The Morgan fingerprint density at radius 1 is 0.222 bits per heavy atom. The Labute approximate surface area is 369 Å². The summed E-state index contributed by atoms with van der Waals surface area (Å²) in [6, 6.07) is 79.8. The molecule has 12 rings (SSSR count). The van der Waals surface area contributed by atoms with E-state index in [0.717, 1.165) is 44.2 Å². The molecule has 0 aliphatic heterocycles. The summed E-state index contributed by atoms with van der Waals surface area (Å²) in [7, 11) is 0. The van der Waals surface area contributed by atoms with Crippen LogP contribution in [0.5, 0.6) is 0 Å². The topological polar surface area (TPSA) is 38.7 Å². The molecule has 63 heavy (non-hydrogen) atoms. The highest BCUT2D eigenvalue weighted by Gasteiger charge is 2.20. The molecule has 4 heteroatoms. The molecule has 12 aromatic rings. The van der Waals surface area contributed by atoms with Crippen molar-refractivity contribution >= 4 is 53.1 Å². The Kier molecular flexibility index (Phi) is 9.02. The van der Waals surface area contributed by atoms with Crippen LogP contribution in [0.4, 0.5) is 0 Å². The summed E-state index contributed by atoms with van der Waals surface area (Å²) in [5, 5.41) is 7.25. The highest BCUT2D eigenvalue weighted by molar-refractivity contribution is 7.26. The maximum absolute atomic E-state index is 5.33. The van der Waals surface area contributed by atoms with E-state index in [1.165, 1.54) is 58.8 Å². The van der Waals surface area contributed by atoms with Gasteiger partial charge in [0.1, 0.15) is 0 Å². The van der Waals surface area contributed by atoms with Crippen molar-refractivity contribution in [2.45, 2.75) is 0 Å². The van der Waals surface area contributed by atoms with Gasteiger partial charge >= 0.3 is 0 Å². The molecule has 0 bridgehead atoms. The molecular weight excluding hydrogens is 783 g/mol. The standard InChI is InChI=1S/C59H37N3S/c1-3-16-38(17-4-1)42-20-7-12-26-53(42)58-60-57(41-32-30-40(31-33-41)44-27-15-28-52-51-25-13-14-29-55(51)63-56(44)52)61-59(62-58)54-37-36-50(47-23-10-11-24-48(47)54)49-35-34-43(39-18-5-2-6-19-39)45-21-8-9-22-46(45)49/h1-37H. The van der Waals surface area contributed by atoms with Gasteiger partial charge in [-0.15, -0.1) is 11.3 Å². The quantitative estimate of drug-likeness (QED) is 0.161. The van der Waals surface area contributed by atoms with Crippen molar-refractivity contribution in [2.24, 2.45) is 0 Å². The summed E-state index contributed by atoms with van der Waals surface area (Å²) in [6.45, 7) is 0. The number of thiophene rings is 1. The normalized spacial score (nSPS) is 11.5. The highest BCUT2D eigenvalue weighted by Crippen LogP contribution is 2.43. The molecule has 0 saturated heterocycles. The zero-order valence-corrected chi connectivity index (χ0v) is 34.9. The molecule has 10 aromatic carbocycles. The summed E-state index contributed by atoms with van der Waals surface area (Å²) in [5.74, 6) is 1.88. The third-order valence-corrected chi connectivity index (χ3v) is 13.4. The monoisotopic (exact) mass is 819 g/mol. The van der Waals surface area contributed by atoms with E-state index < -0.39 is 0 Å². The molecule has 0 aliphatic carbocycles. The molecular formula is C59H37N3S. The van der Waals surface area contributed by atoms with E-state index in [9.17, 15) is 0 Å². The average Bonchev–Trinajstić information content (AvgIpc) is 3.75. The number of hydrogen-bond donors (Lipinski definition) is 0. The van der Waals surface area contributed by atoms with Crippen molar-refractivity contribution in [3.05, 3.63) is 224 Å². The Morgan fingerprint density at radius 2 is 0.635 bits per heavy atom. The fourth-order valence-electron chi connectivity index (χ4n) is 9.20. The number of benzene rings is 10. The summed E-state index contributed by atoms with van der Waals surface area (Å²) in [6.07, 6.45) is 0. The Bertz CT molecular complexity index is 3670. The van der Waals surface area contributed by atoms with E-state index in [-0.39, 0.29) is 0 Å². The van der Waals surface area contributed by atoms with E-state index in [2.05, 4.69) is 218 Å². The lowest BCUT2D eigenvalue weighted by Crippen LogP contribution is -2.01. The van der Waals surface area contributed by atoms with Crippen molar-refractivity contribution < 1.29 is 0 Å². The lowest BCUT2D eigenvalue weighted by molar-refractivity contribution is 1.08. The number of fused-ring (bicyclic) bond motifs is 5. The first kappa shape index (κ1) is 36.8. The molecule has 0 radical (unpaired) electrons. The Hall–Kier alpha value is -8.05. The van der Waals surface area contributed by atoms with Crippen LogP contribution in [-0.2, 0) is 0 Å². The zero-order chi connectivity index (χ0) is 41.7. The second kappa shape index (κ2) is 15.4. The molecule has 0 N–H and O–H groups in total. The van der Waals surface area contributed by atoms with E-state index in [1.807, 2.05) is 17.4 Å². The van der Waals surface area contributed by atoms with Gasteiger partial charge in [-0.25, -0.2) is 15.0 Å². The number of nitrogens with zero attached hydrogens (tertiary/aromatic N) is 3. The fraction of sp³-hybridized carbons (Fsp3) is 0. The van der Waals surface area contributed by atoms with Crippen LogP contribution in [-0.4, -0.2) is 15.0 Å². The van der Waals surface area contributed by atoms with Gasteiger partial charge in [-0.05, 0) is 78.2 Å². The highest BCUT2D eigenvalue weighted by atomic mass is 32.1. The fourth-order valence-corrected chi connectivity index (χ4v) is 10.4. The molecule has 0 unspecified atom stereocenters. The smallest absolute Gasteiger partial charge is 0.164 e. The van der Waals surface area contributed by atoms with Crippen LogP contribution >= 0.6 is 11.3 Å². The van der Waals surface area contributed by atoms with Gasteiger partial charge in [0.15, 0.2) is 17.5 Å². The molecule has 0 saturated carbocycles. The maximum Gasteiger partial charge on any atom is 0.164 e. The molecule has 2 aromatic heterocycles. The SMILES string of the molecule is c1ccc(-c2ccccc2-c2nc(-c3ccc(-c4cccc5c4sc4ccccc45)cc3)nc(-c3ccc(-c4ccc(-c5ccccc5)c5ccccc45)c4ccccc34)n2)cc1. The Balaban J connectivity index is 1.02. The van der Waals surface area contributed by atoms with Crippen molar-refractivity contribution in [1.82, 2.24) is 15.0 Å². The third kappa shape index (κ3) is 6.48. The summed E-state index contributed by atoms with van der Waals surface area (Å²) in [5.41, 5.74) is 12.2. The van der Waals surface area contributed by atoms with Crippen LogP contribution in [0.15, 0.2) is 224 Å². The number of hydrogen-bond acceptors (Lipinski definition) is 4. The summed E-state index contributed by atoms with van der Waals surface area (Å²) >= 11 is 1.85. The molecule has 0 spiro atoms. The maximum atomic E-state index is 5.33. The number of aromatic nitrogens is 3. The lowest BCUT2D eigenvalue weighted by Gasteiger charge is -2.16. The minimum atomic E-state index is 0.625. The minimum absolute atomic E-state index is 0.625. The first-order chi connectivity index (χ1) is 31.2. The van der Waals surface area contributed by atoms with Crippen molar-refractivity contribution in [3.8, 4) is 78.7 Å². The van der Waals surface area contributed by atoms with Crippen molar-refractivity contribution in [1.29, 1.82) is 0 Å². The first-order valence-electron chi connectivity index (χ1n) is 21.3.